The van der Waals surface area contributed by atoms with E-state index in [2.05, 4.69) is 80.4 Å². The van der Waals surface area contributed by atoms with Crippen LogP contribution in [0.4, 0.5) is 0 Å². The van der Waals surface area contributed by atoms with Crippen molar-refractivity contribution < 1.29 is 0 Å². The highest BCUT2D eigenvalue weighted by molar-refractivity contribution is 9.10. The minimum absolute atomic E-state index is 1.14. The van der Waals surface area contributed by atoms with Crippen LogP contribution in [-0.2, 0) is 0 Å². The molecule has 2 aromatic rings. The van der Waals surface area contributed by atoms with Crippen LogP contribution in [0.1, 0.15) is 11.1 Å². The van der Waals surface area contributed by atoms with Crippen LogP contribution in [0.3, 0.4) is 0 Å². The van der Waals surface area contributed by atoms with Gasteiger partial charge < -0.3 is 0 Å². The van der Waals surface area contributed by atoms with Crippen molar-refractivity contribution in [3.05, 3.63) is 94.0 Å². The van der Waals surface area contributed by atoms with Gasteiger partial charge in [0.15, 0.2) is 0 Å². The van der Waals surface area contributed by atoms with Gasteiger partial charge in [-0.2, -0.15) is 0 Å². The molecule has 0 saturated heterocycles. The summed E-state index contributed by atoms with van der Waals surface area (Å²) in [5.74, 6) is 4.79. The summed E-state index contributed by atoms with van der Waals surface area (Å²) < 4.78 is 11.0. The Kier molecular flexibility index (Phi) is 8.60. The lowest BCUT2D eigenvalue weighted by atomic mass is 9.95. The molecule has 6 rings (SSSR count). The van der Waals surface area contributed by atoms with Gasteiger partial charge in [0.1, 0.15) is 0 Å². The van der Waals surface area contributed by atoms with Gasteiger partial charge in [-0.25, -0.2) is 0 Å². The van der Waals surface area contributed by atoms with Crippen LogP contribution >= 0.6 is 126 Å². The molecule has 0 fully saturated rings. The van der Waals surface area contributed by atoms with Gasteiger partial charge in [0.2, 0.25) is 0 Å². The lowest BCUT2D eigenvalue weighted by Crippen LogP contribution is -1.97. The monoisotopic (exact) mass is 718 g/mol. The first-order chi connectivity index (χ1) is 16.7. The summed E-state index contributed by atoms with van der Waals surface area (Å²) in [5.41, 5.74) is 5.21. The van der Waals surface area contributed by atoms with Crippen molar-refractivity contribution in [3.63, 3.8) is 0 Å². The summed E-state index contributed by atoms with van der Waals surface area (Å²) in [6.07, 6.45) is 0. The molecule has 34 heavy (non-hydrogen) atoms. The van der Waals surface area contributed by atoms with Gasteiger partial charge in [0, 0.05) is 43.1 Å². The van der Waals surface area contributed by atoms with Crippen LogP contribution in [0.25, 0.3) is 11.1 Å². The van der Waals surface area contributed by atoms with Gasteiger partial charge in [0.25, 0.3) is 0 Å². The molecule has 0 saturated carbocycles. The molecule has 0 radical (unpaired) electrons. The fourth-order valence-corrected chi connectivity index (χ4v) is 16.8. The number of hydrogen-bond donors (Lipinski definition) is 0. The molecule has 0 aromatic heterocycles. The zero-order valence-corrected chi connectivity index (χ0v) is 27.2. The van der Waals surface area contributed by atoms with E-state index in [0.717, 1.165) is 8.95 Å². The lowest BCUT2D eigenvalue weighted by Gasteiger charge is -2.20. The smallest absolute Gasteiger partial charge is 0.0660 e. The van der Waals surface area contributed by atoms with Crippen LogP contribution < -0.4 is 0 Å². The van der Waals surface area contributed by atoms with Gasteiger partial charge in [-0.05, 0) is 23.3 Å². The fraction of sp³-hybridized carbons (Fsp3) is 0.167. The van der Waals surface area contributed by atoms with Crippen molar-refractivity contribution in [3.8, 4) is 0 Å². The minimum atomic E-state index is 1.14. The number of halogens is 2. The third-order valence-corrected chi connectivity index (χ3v) is 18.1. The van der Waals surface area contributed by atoms with E-state index in [1.165, 1.54) is 70.7 Å². The summed E-state index contributed by atoms with van der Waals surface area (Å²) >= 11 is 23.8. The van der Waals surface area contributed by atoms with E-state index < -0.39 is 0 Å². The normalized spacial score (nSPS) is 20.1. The minimum Gasteiger partial charge on any atom is -0.116 e. The summed E-state index contributed by atoms with van der Waals surface area (Å²) in [5, 5.41) is 0. The summed E-state index contributed by atoms with van der Waals surface area (Å²) in [7, 11) is 0. The Morgan fingerprint density at radius 3 is 1.15 bits per heavy atom. The number of hydrogen-bond acceptors (Lipinski definition) is 8. The van der Waals surface area contributed by atoms with Crippen LogP contribution in [0.2, 0.25) is 0 Å². The SMILES string of the molecule is Brc1ccccc1C(=C1SC2=C(SCCS2)S1)C(=C1SC2=C(SCCS2)S1)c1ccccc1Br. The van der Waals surface area contributed by atoms with Crippen molar-refractivity contribution in [2.75, 3.05) is 23.0 Å². The third-order valence-electron chi connectivity index (χ3n) is 5.12. The molecule has 0 N–H and O–H groups in total. The molecule has 10 heteroatoms. The van der Waals surface area contributed by atoms with Gasteiger partial charge in [-0.15, -0.1) is 47.0 Å². The maximum absolute atomic E-state index is 3.91. The van der Waals surface area contributed by atoms with Gasteiger partial charge in [0.05, 0.1) is 25.4 Å². The zero-order valence-electron chi connectivity index (χ0n) is 17.5. The van der Waals surface area contributed by atoms with Crippen LogP contribution in [0.5, 0.6) is 0 Å². The zero-order chi connectivity index (χ0) is 23.1. The molecular formula is C24H16Br2S8. The second kappa shape index (κ2) is 11.5. The van der Waals surface area contributed by atoms with E-state index in [1.807, 2.05) is 94.1 Å². The van der Waals surface area contributed by atoms with Crippen LogP contribution in [0, 0.1) is 0 Å². The first kappa shape index (κ1) is 25.4. The van der Waals surface area contributed by atoms with E-state index in [0.29, 0.717) is 0 Å². The molecule has 0 atom stereocenters. The predicted molar refractivity (Wildman–Crippen MR) is 176 cm³/mol. The Labute approximate surface area is 251 Å². The largest absolute Gasteiger partial charge is 0.116 e. The van der Waals surface area contributed by atoms with E-state index in [-0.39, 0.29) is 0 Å². The van der Waals surface area contributed by atoms with E-state index >= 15 is 0 Å². The van der Waals surface area contributed by atoms with Gasteiger partial charge >= 0.3 is 0 Å². The average molecular weight is 721 g/mol. The fourth-order valence-electron chi connectivity index (χ4n) is 3.66. The van der Waals surface area contributed by atoms with Gasteiger partial charge in [-0.1, -0.05) is 115 Å². The number of benzene rings is 2. The molecule has 2 aromatic carbocycles. The first-order valence-corrected chi connectivity index (χ1v) is 19.2. The first-order valence-electron chi connectivity index (χ1n) is 10.4. The highest BCUT2D eigenvalue weighted by Gasteiger charge is 2.34. The Hall–Kier alpha value is 1.16. The predicted octanol–water partition coefficient (Wildman–Crippen LogP) is 11.4. The molecule has 0 aliphatic carbocycles. The maximum Gasteiger partial charge on any atom is 0.0660 e. The number of rotatable bonds is 3. The molecule has 0 unspecified atom stereocenters. The molecule has 0 amide bonds. The number of thioether (sulfide) groups is 8. The van der Waals surface area contributed by atoms with E-state index in [9.17, 15) is 0 Å². The molecule has 0 spiro atoms. The Bertz CT molecular complexity index is 1150. The lowest BCUT2D eigenvalue weighted by molar-refractivity contribution is 1.53. The quantitative estimate of drug-likeness (QED) is 0.303. The molecule has 174 valence electrons. The molecule has 0 bridgehead atoms. The summed E-state index contributed by atoms with van der Waals surface area (Å²) in [4.78, 5) is 0. The maximum atomic E-state index is 3.91. The Morgan fingerprint density at radius 2 is 0.824 bits per heavy atom. The molecule has 4 aliphatic heterocycles. The summed E-state index contributed by atoms with van der Waals surface area (Å²) in [6.45, 7) is 0. The van der Waals surface area contributed by atoms with Gasteiger partial charge in [-0.3, -0.25) is 0 Å². The van der Waals surface area contributed by atoms with E-state index in [1.54, 1.807) is 0 Å². The van der Waals surface area contributed by atoms with Crippen LogP contribution in [0.15, 0.2) is 82.9 Å². The Morgan fingerprint density at radius 1 is 0.500 bits per heavy atom. The van der Waals surface area contributed by atoms with Crippen LogP contribution in [-0.4, -0.2) is 23.0 Å². The standard InChI is InChI=1S/C24H16Br2S8/c25-15-7-3-1-5-13(15)17(19-31-21-22(32-19)28-10-9-27-21)18(14-6-2-4-8-16(14)26)20-33-23-24(34-20)30-12-11-29-23/h1-8H,9-12H2. The second-order valence-corrected chi connectivity index (χ2v) is 19.0. The number of allylic oxidation sites excluding steroid dienone is 2. The molecule has 0 nitrogen and oxygen atoms in total. The second-order valence-electron chi connectivity index (χ2n) is 7.24. The van der Waals surface area contributed by atoms with Crippen molar-refractivity contribution in [2.45, 2.75) is 0 Å². The van der Waals surface area contributed by atoms with E-state index in [4.69, 9.17) is 0 Å². The molecular weight excluding hydrogens is 705 g/mol. The van der Waals surface area contributed by atoms with Crippen molar-refractivity contribution in [2.24, 2.45) is 0 Å². The van der Waals surface area contributed by atoms with Crippen molar-refractivity contribution in [1.29, 1.82) is 0 Å². The molecule has 4 heterocycles. The van der Waals surface area contributed by atoms with Crippen molar-refractivity contribution in [1.82, 2.24) is 0 Å². The highest BCUT2D eigenvalue weighted by Crippen LogP contribution is 2.66. The average Bonchev–Trinajstić information content (AvgIpc) is 3.48. The molecule has 4 aliphatic rings. The summed E-state index contributed by atoms with van der Waals surface area (Å²) in [6, 6.07) is 17.4. The van der Waals surface area contributed by atoms with Crippen molar-refractivity contribution >= 4 is 137 Å². The Balaban J connectivity index is 1.58. The highest BCUT2D eigenvalue weighted by atomic mass is 79.9. The third kappa shape index (κ3) is 5.21. The topological polar surface area (TPSA) is 0 Å².